The molecule has 0 bridgehead atoms. The third-order valence-corrected chi connectivity index (χ3v) is 5.01. The highest BCUT2D eigenvalue weighted by Crippen LogP contribution is 2.28. The van der Waals surface area contributed by atoms with Gasteiger partial charge >= 0.3 is 0 Å². The van der Waals surface area contributed by atoms with Crippen LogP contribution in [-0.4, -0.2) is 44.7 Å². The fourth-order valence-electron chi connectivity index (χ4n) is 3.74. The standard InChI is InChI=1S/C20H23N5O.2ClH/c1-13-18-16(20(26)25-10-6-9-15(21)12-25)11-17(14-7-4-3-5-8-14)22-19(18)24(2)23-13;;/h3-5,7-8,11,15H,6,9-10,12,21H2,1-2H3;2*1H. The topological polar surface area (TPSA) is 77.0 Å². The van der Waals surface area contributed by atoms with E-state index in [1.807, 2.05) is 55.3 Å². The zero-order valence-corrected chi connectivity index (χ0v) is 17.6. The van der Waals surface area contributed by atoms with Gasteiger partial charge in [-0.2, -0.15) is 5.10 Å². The molecule has 1 unspecified atom stereocenters. The molecule has 0 spiro atoms. The summed E-state index contributed by atoms with van der Waals surface area (Å²) >= 11 is 0. The summed E-state index contributed by atoms with van der Waals surface area (Å²) in [6, 6.07) is 11.9. The first-order chi connectivity index (χ1) is 12.5. The van der Waals surface area contributed by atoms with Gasteiger partial charge < -0.3 is 10.6 Å². The molecule has 4 rings (SSSR count). The van der Waals surface area contributed by atoms with Gasteiger partial charge in [-0.1, -0.05) is 30.3 Å². The zero-order valence-electron chi connectivity index (χ0n) is 16.0. The minimum Gasteiger partial charge on any atom is -0.337 e. The van der Waals surface area contributed by atoms with Crippen molar-refractivity contribution in [2.45, 2.75) is 25.8 Å². The molecule has 1 saturated heterocycles. The van der Waals surface area contributed by atoms with Crippen LogP contribution in [-0.2, 0) is 7.05 Å². The number of hydrogen-bond acceptors (Lipinski definition) is 4. The van der Waals surface area contributed by atoms with Gasteiger partial charge in [0.25, 0.3) is 5.91 Å². The van der Waals surface area contributed by atoms with Crippen LogP contribution in [0, 0.1) is 6.92 Å². The van der Waals surface area contributed by atoms with E-state index >= 15 is 0 Å². The Kier molecular flexibility index (Phi) is 7.04. The van der Waals surface area contributed by atoms with Gasteiger partial charge in [-0.15, -0.1) is 24.8 Å². The van der Waals surface area contributed by atoms with Gasteiger partial charge in [0.1, 0.15) is 0 Å². The van der Waals surface area contributed by atoms with Crippen LogP contribution in [0.4, 0.5) is 0 Å². The molecule has 1 atom stereocenters. The molecule has 0 aliphatic carbocycles. The quantitative estimate of drug-likeness (QED) is 0.687. The minimum absolute atomic E-state index is 0. The van der Waals surface area contributed by atoms with Gasteiger partial charge in [0, 0.05) is 31.7 Å². The Hall–Kier alpha value is -2.15. The molecule has 1 aromatic carbocycles. The largest absolute Gasteiger partial charge is 0.337 e. The number of nitrogens with two attached hydrogens (primary N) is 1. The maximum atomic E-state index is 13.3. The molecular weight excluding hydrogens is 397 g/mol. The number of aromatic nitrogens is 3. The molecule has 2 aromatic heterocycles. The number of pyridine rings is 1. The molecule has 0 saturated carbocycles. The summed E-state index contributed by atoms with van der Waals surface area (Å²) in [5.74, 6) is 0.0147. The second kappa shape index (κ2) is 8.90. The Morgan fingerprint density at radius 3 is 2.61 bits per heavy atom. The van der Waals surface area contributed by atoms with Gasteiger partial charge in [0.15, 0.2) is 5.65 Å². The maximum Gasteiger partial charge on any atom is 0.254 e. The monoisotopic (exact) mass is 421 g/mol. The van der Waals surface area contributed by atoms with Gasteiger partial charge in [-0.05, 0) is 25.8 Å². The van der Waals surface area contributed by atoms with Gasteiger partial charge in [-0.3, -0.25) is 9.48 Å². The summed E-state index contributed by atoms with van der Waals surface area (Å²) < 4.78 is 1.75. The molecule has 3 aromatic rings. The highest BCUT2D eigenvalue weighted by Gasteiger charge is 2.26. The molecule has 6 nitrogen and oxygen atoms in total. The number of benzene rings is 1. The van der Waals surface area contributed by atoms with E-state index in [1.54, 1.807) is 4.68 Å². The van der Waals surface area contributed by atoms with Gasteiger partial charge in [-0.25, -0.2) is 4.98 Å². The van der Waals surface area contributed by atoms with Crippen LogP contribution >= 0.6 is 24.8 Å². The molecule has 2 N–H and O–H groups in total. The van der Waals surface area contributed by atoms with Crippen LogP contribution in [0.15, 0.2) is 36.4 Å². The zero-order chi connectivity index (χ0) is 18.3. The number of amides is 1. The number of likely N-dealkylation sites (tertiary alicyclic amines) is 1. The van der Waals surface area contributed by atoms with E-state index in [1.165, 1.54) is 0 Å². The SMILES string of the molecule is Cc1nn(C)c2nc(-c3ccccc3)cc(C(=O)N3CCCC(N)C3)c12.Cl.Cl. The number of fused-ring (bicyclic) bond motifs is 1. The van der Waals surface area contributed by atoms with Crippen LogP contribution in [0.25, 0.3) is 22.3 Å². The van der Waals surface area contributed by atoms with Crippen molar-refractivity contribution >= 4 is 41.8 Å². The summed E-state index contributed by atoms with van der Waals surface area (Å²) in [5.41, 5.74) is 10.1. The number of piperidine rings is 1. The number of hydrogen-bond donors (Lipinski definition) is 1. The fourth-order valence-corrected chi connectivity index (χ4v) is 3.74. The minimum atomic E-state index is 0. The number of rotatable bonds is 2. The number of carbonyl (C=O) groups is 1. The molecular formula is C20H25Cl2N5O. The molecule has 0 radical (unpaired) electrons. The molecule has 1 fully saturated rings. The second-order valence-corrected chi connectivity index (χ2v) is 6.98. The maximum absolute atomic E-state index is 13.3. The molecule has 1 amide bonds. The molecule has 1 aliphatic rings. The summed E-state index contributed by atoms with van der Waals surface area (Å²) in [4.78, 5) is 19.9. The van der Waals surface area contributed by atoms with E-state index in [0.717, 1.165) is 47.4 Å². The Balaban J connectivity index is 0.00000140. The summed E-state index contributed by atoms with van der Waals surface area (Å²) in [6.07, 6.45) is 1.91. The lowest BCUT2D eigenvalue weighted by atomic mass is 10.0. The van der Waals surface area contributed by atoms with E-state index in [0.29, 0.717) is 12.1 Å². The van der Waals surface area contributed by atoms with Crippen molar-refractivity contribution in [3.63, 3.8) is 0 Å². The van der Waals surface area contributed by atoms with Gasteiger partial charge in [0.05, 0.1) is 22.3 Å². The average Bonchev–Trinajstić information content (AvgIpc) is 2.95. The van der Waals surface area contributed by atoms with Crippen molar-refractivity contribution < 1.29 is 4.79 Å². The van der Waals surface area contributed by atoms with E-state index in [9.17, 15) is 4.79 Å². The summed E-state index contributed by atoms with van der Waals surface area (Å²) in [7, 11) is 1.86. The van der Waals surface area contributed by atoms with E-state index in [2.05, 4.69) is 5.10 Å². The summed E-state index contributed by atoms with van der Waals surface area (Å²) in [6.45, 7) is 3.27. The van der Waals surface area contributed by atoms with Crippen LogP contribution in [0.3, 0.4) is 0 Å². The Morgan fingerprint density at radius 2 is 1.93 bits per heavy atom. The Labute approximate surface area is 176 Å². The van der Waals surface area contributed by atoms with Crippen LogP contribution in [0.5, 0.6) is 0 Å². The molecule has 1 aliphatic heterocycles. The molecule has 3 heterocycles. The van der Waals surface area contributed by atoms with Crippen molar-refractivity contribution in [2.24, 2.45) is 12.8 Å². The third-order valence-electron chi connectivity index (χ3n) is 5.01. The fraction of sp³-hybridized carbons (Fsp3) is 0.350. The van der Waals surface area contributed by atoms with Gasteiger partial charge in [0.2, 0.25) is 0 Å². The van der Waals surface area contributed by atoms with Crippen molar-refractivity contribution in [1.29, 1.82) is 0 Å². The van der Waals surface area contributed by atoms with E-state index < -0.39 is 0 Å². The predicted octanol–water partition coefficient (Wildman–Crippen LogP) is 3.35. The third kappa shape index (κ3) is 3.99. The summed E-state index contributed by atoms with van der Waals surface area (Å²) in [5, 5.41) is 5.32. The van der Waals surface area contributed by atoms with Crippen LogP contribution in [0.1, 0.15) is 28.9 Å². The van der Waals surface area contributed by atoms with E-state index in [-0.39, 0.29) is 36.8 Å². The Bertz CT molecular complexity index is 974. The smallest absolute Gasteiger partial charge is 0.254 e. The number of aryl methyl sites for hydroxylation is 2. The van der Waals surface area contributed by atoms with Crippen molar-refractivity contribution in [3.8, 4) is 11.3 Å². The predicted molar refractivity (Wildman–Crippen MR) is 116 cm³/mol. The lowest BCUT2D eigenvalue weighted by Crippen LogP contribution is -2.45. The molecule has 150 valence electrons. The number of halogens is 2. The number of carbonyl (C=O) groups excluding carboxylic acids is 1. The van der Waals surface area contributed by atoms with Crippen LogP contribution < -0.4 is 5.73 Å². The van der Waals surface area contributed by atoms with Crippen molar-refractivity contribution in [3.05, 3.63) is 47.7 Å². The highest BCUT2D eigenvalue weighted by molar-refractivity contribution is 6.07. The lowest BCUT2D eigenvalue weighted by molar-refractivity contribution is 0.0710. The highest BCUT2D eigenvalue weighted by atomic mass is 35.5. The second-order valence-electron chi connectivity index (χ2n) is 6.98. The Morgan fingerprint density at radius 1 is 1.21 bits per heavy atom. The average molecular weight is 422 g/mol. The first-order valence-corrected chi connectivity index (χ1v) is 8.99. The molecule has 28 heavy (non-hydrogen) atoms. The van der Waals surface area contributed by atoms with E-state index in [4.69, 9.17) is 10.7 Å². The molecule has 8 heteroatoms. The van der Waals surface area contributed by atoms with Crippen molar-refractivity contribution in [1.82, 2.24) is 19.7 Å². The normalized spacial score (nSPS) is 16.4. The first-order valence-electron chi connectivity index (χ1n) is 8.99. The first kappa shape index (κ1) is 22.1. The lowest BCUT2D eigenvalue weighted by Gasteiger charge is -2.31. The number of nitrogens with zero attached hydrogens (tertiary/aromatic N) is 4. The van der Waals surface area contributed by atoms with Crippen LogP contribution in [0.2, 0.25) is 0 Å². The van der Waals surface area contributed by atoms with Crippen molar-refractivity contribution in [2.75, 3.05) is 13.1 Å².